The number of nitrogen functional groups attached to an aromatic ring is 1. The number of benzene rings is 1. The highest BCUT2D eigenvalue weighted by atomic mass is 127. The van der Waals surface area contributed by atoms with Gasteiger partial charge in [0, 0.05) is 9.13 Å². The topological polar surface area (TPSA) is 52.0 Å². The highest BCUT2D eigenvalue weighted by Crippen LogP contribution is 2.29. The van der Waals surface area contributed by atoms with Crippen LogP contribution < -0.4 is 5.73 Å². The molecule has 0 fully saturated rings. The number of hydrogen-bond acceptors (Lipinski definition) is 3. The van der Waals surface area contributed by atoms with Crippen LogP contribution in [0.2, 0.25) is 0 Å². The third kappa shape index (κ3) is 1.88. The van der Waals surface area contributed by atoms with Crippen LogP contribution in [0.25, 0.3) is 11.3 Å². The molecule has 0 saturated heterocycles. The van der Waals surface area contributed by atoms with Gasteiger partial charge in [-0.3, -0.25) is 0 Å². The summed E-state index contributed by atoms with van der Waals surface area (Å²) in [5.41, 5.74) is 6.61. The molecule has 2 N–H and O–H groups in total. The van der Waals surface area contributed by atoms with Gasteiger partial charge in [0.15, 0.2) is 11.6 Å². The summed E-state index contributed by atoms with van der Waals surface area (Å²) in [4.78, 5) is 0. The van der Waals surface area contributed by atoms with Crippen molar-refractivity contribution in [2.24, 2.45) is 0 Å². The van der Waals surface area contributed by atoms with Crippen molar-refractivity contribution in [1.82, 2.24) is 5.16 Å². The number of anilines is 1. The van der Waals surface area contributed by atoms with E-state index in [1.54, 1.807) is 0 Å². The molecule has 1 heterocycles. The van der Waals surface area contributed by atoms with Crippen LogP contribution in [0.1, 0.15) is 0 Å². The van der Waals surface area contributed by atoms with E-state index in [-0.39, 0.29) is 0 Å². The van der Waals surface area contributed by atoms with Gasteiger partial charge in [-0.25, -0.2) is 0 Å². The zero-order valence-electron chi connectivity index (χ0n) is 7.00. The third-order valence-corrected chi connectivity index (χ3v) is 3.46. The van der Waals surface area contributed by atoms with Crippen LogP contribution in [0.4, 0.5) is 5.82 Å². The van der Waals surface area contributed by atoms with E-state index in [0.29, 0.717) is 5.82 Å². The van der Waals surface area contributed by atoms with Gasteiger partial charge < -0.3 is 10.3 Å². The Morgan fingerprint density at radius 1 is 1.29 bits per heavy atom. The van der Waals surface area contributed by atoms with Crippen molar-refractivity contribution in [3.05, 3.63) is 31.4 Å². The van der Waals surface area contributed by atoms with E-state index < -0.39 is 0 Å². The van der Waals surface area contributed by atoms with E-state index >= 15 is 0 Å². The van der Waals surface area contributed by atoms with E-state index in [1.807, 2.05) is 24.3 Å². The quantitative estimate of drug-likeness (QED) is 0.733. The lowest BCUT2D eigenvalue weighted by Crippen LogP contribution is -1.86. The van der Waals surface area contributed by atoms with Crippen molar-refractivity contribution >= 4 is 51.0 Å². The van der Waals surface area contributed by atoms with Crippen LogP contribution in [0, 0.1) is 7.14 Å². The molecule has 0 aliphatic rings. The maximum absolute atomic E-state index is 5.60. The summed E-state index contributed by atoms with van der Waals surface area (Å²) in [6.07, 6.45) is 0. The van der Waals surface area contributed by atoms with E-state index in [4.69, 9.17) is 10.3 Å². The minimum absolute atomic E-state index is 0.444. The zero-order chi connectivity index (χ0) is 10.1. The first-order valence-electron chi connectivity index (χ1n) is 3.85. The van der Waals surface area contributed by atoms with E-state index in [0.717, 1.165) is 18.5 Å². The van der Waals surface area contributed by atoms with Crippen LogP contribution in [0.5, 0.6) is 0 Å². The molecule has 0 aliphatic carbocycles. The van der Waals surface area contributed by atoms with E-state index in [1.165, 1.54) is 0 Å². The number of halogens is 2. The second kappa shape index (κ2) is 4.05. The Hall–Kier alpha value is -0.310. The van der Waals surface area contributed by atoms with Gasteiger partial charge in [-0.1, -0.05) is 17.3 Å². The molecule has 0 aliphatic heterocycles. The maximum atomic E-state index is 5.60. The molecular weight excluding hydrogens is 406 g/mol. The van der Waals surface area contributed by atoms with Crippen molar-refractivity contribution in [2.75, 3.05) is 5.73 Å². The van der Waals surface area contributed by atoms with Gasteiger partial charge in [0.2, 0.25) is 0 Å². The lowest BCUT2D eigenvalue weighted by atomic mass is 10.2. The predicted molar refractivity (Wildman–Crippen MR) is 71.8 cm³/mol. The molecule has 14 heavy (non-hydrogen) atoms. The first-order valence-corrected chi connectivity index (χ1v) is 6.01. The van der Waals surface area contributed by atoms with Gasteiger partial charge in [-0.15, -0.1) is 0 Å². The van der Waals surface area contributed by atoms with E-state index in [2.05, 4.69) is 50.3 Å². The van der Waals surface area contributed by atoms with Crippen LogP contribution in [-0.2, 0) is 0 Å². The van der Waals surface area contributed by atoms with Crippen molar-refractivity contribution < 1.29 is 4.52 Å². The van der Waals surface area contributed by atoms with Gasteiger partial charge in [0.05, 0.1) is 0 Å². The normalized spacial score (nSPS) is 10.4. The summed E-state index contributed by atoms with van der Waals surface area (Å²) in [6, 6.07) is 8.01. The number of nitrogens with zero attached hydrogens (tertiary/aromatic N) is 1. The summed E-state index contributed by atoms with van der Waals surface area (Å²) in [7, 11) is 0. The fourth-order valence-electron chi connectivity index (χ4n) is 1.10. The summed E-state index contributed by atoms with van der Waals surface area (Å²) in [6.45, 7) is 0. The molecule has 72 valence electrons. The number of hydrogen-bond donors (Lipinski definition) is 1. The lowest BCUT2D eigenvalue weighted by molar-refractivity contribution is 0.435. The van der Waals surface area contributed by atoms with Crippen LogP contribution in [-0.4, -0.2) is 5.16 Å². The Bertz CT molecular complexity index is 468. The first-order chi connectivity index (χ1) is 6.68. The Morgan fingerprint density at radius 2 is 2.07 bits per heavy atom. The fraction of sp³-hybridized carbons (Fsp3) is 0. The molecule has 2 aromatic rings. The van der Waals surface area contributed by atoms with Crippen molar-refractivity contribution in [1.29, 1.82) is 0 Å². The molecule has 0 amide bonds. The SMILES string of the molecule is Nc1noc(-c2cccc(I)c2)c1I. The molecule has 0 spiro atoms. The number of nitrogens with two attached hydrogens (primary N) is 1. The molecule has 1 aromatic carbocycles. The summed E-state index contributed by atoms with van der Waals surface area (Å²) in [5, 5.41) is 3.72. The van der Waals surface area contributed by atoms with Crippen molar-refractivity contribution in [2.45, 2.75) is 0 Å². The van der Waals surface area contributed by atoms with Gasteiger partial charge in [0.25, 0.3) is 0 Å². The zero-order valence-corrected chi connectivity index (χ0v) is 11.3. The molecule has 0 atom stereocenters. The maximum Gasteiger partial charge on any atom is 0.182 e. The Balaban J connectivity index is 2.55. The minimum atomic E-state index is 0.444. The van der Waals surface area contributed by atoms with Gasteiger partial charge in [-0.05, 0) is 57.3 Å². The molecule has 0 bridgehead atoms. The molecule has 3 nitrogen and oxygen atoms in total. The number of rotatable bonds is 1. The van der Waals surface area contributed by atoms with Crippen LogP contribution in [0.15, 0.2) is 28.8 Å². The molecule has 2 rings (SSSR count). The first kappa shape index (κ1) is 10.2. The molecule has 0 radical (unpaired) electrons. The monoisotopic (exact) mass is 412 g/mol. The lowest BCUT2D eigenvalue weighted by Gasteiger charge is -1.96. The smallest absolute Gasteiger partial charge is 0.182 e. The minimum Gasteiger partial charge on any atom is -0.380 e. The standard InChI is InChI=1S/C9H6I2N2O/c10-6-3-1-2-5(4-6)8-7(11)9(12)13-14-8/h1-4H,(H2,12,13). The van der Waals surface area contributed by atoms with Crippen LogP contribution >= 0.6 is 45.2 Å². The van der Waals surface area contributed by atoms with Crippen LogP contribution in [0.3, 0.4) is 0 Å². The average Bonchev–Trinajstić information content (AvgIpc) is 2.48. The van der Waals surface area contributed by atoms with Gasteiger partial charge in [-0.2, -0.15) is 0 Å². The second-order valence-corrected chi connectivity index (χ2v) is 5.05. The predicted octanol–water partition coefficient (Wildman–Crippen LogP) is 3.13. The van der Waals surface area contributed by atoms with Crippen molar-refractivity contribution in [3.63, 3.8) is 0 Å². The molecular formula is C9H6I2N2O. The fourth-order valence-corrected chi connectivity index (χ4v) is 2.15. The highest BCUT2D eigenvalue weighted by molar-refractivity contribution is 14.1. The third-order valence-electron chi connectivity index (χ3n) is 1.75. The summed E-state index contributed by atoms with van der Waals surface area (Å²) >= 11 is 4.39. The van der Waals surface area contributed by atoms with Gasteiger partial charge >= 0.3 is 0 Å². The van der Waals surface area contributed by atoms with E-state index in [9.17, 15) is 0 Å². The Kier molecular flexibility index (Phi) is 2.96. The number of aromatic nitrogens is 1. The average molecular weight is 412 g/mol. The highest BCUT2D eigenvalue weighted by Gasteiger charge is 2.12. The molecule has 0 unspecified atom stereocenters. The van der Waals surface area contributed by atoms with Crippen molar-refractivity contribution in [3.8, 4) is 11.3 Å². The molecule has 1 aromatic heterocycles. The Morgan fingerprint density at radius 3 is 2.64 bits per heavy atom. The second-order valence-electron chi connectivity index (χ2n) is 2.72. The molecule has 0 saturated carbocycles. The summed E-state index contributed by atoms with van der Waals surface area (Å²) in [5.74, 6) is 1.18. The summed E-state index contributed by atoms with van der Waals surface area (Å²) < 4.78 is 7.17. The molecule has 5 heteroatoms. The Labute approximate surface area is 108 Å². The largest absolute Gasteiger partial charge is 0.380 e. The van der Waals surface area contributed by atoms with Gasteiger partial charge in [0.1, 0.15) is 3.57 Å².